The molecule has 2 N–H and O–H groups in total. The number of sulfonamides is 1. The second kappa shape index (κ2) is 7.19. The van der Waals surface area contributed by atoms with Gasteiger partial charge in [-0.3, -0.25) is 4.79 Å². The molecule has 0 spiro atoms. The molecular weight excluding hydrogens is 379 g/mol. The van der Waals surface area contributed by atoms with Gasteiger partial charge >= 0.3 is 0 Å². The van der Waals surface area contributed by atoms with Gasteiger partial charge < -0.3 is 5.32 Å². The van der Waals surface area contributed by atoms with Crippen LogP contribution >= 0.6 is 34.5 Å². The molecule has 0 radical (unpaired) electrons. The first-order chi connectivity index (χ1) is 10.7. The van der Waals surface area contributed by atoms with Gasteiger partial charge in [0.25, 0.3) is 5.91 Å². The molecule has 1 atom stereocenters. The number of rotatable bonds is 5. The Morgan fingerprint density at radius 3 is 2.52 bits per heavy atom. The van der Waals surface area contributed by atoms with Crippen LogP contribution in [0.4, 0.5) is 0 Å². The van der Waals surface area contributed by atoms with Crippen molar-refractivity contribution < 1.29 is 13.2 Å². The van der Waals surface area contributed by atoms with Gasteiger partial charge in [-0.15, -0.1) is 11.3 Å². The lowest BCUT2D eigenvalue weighted by molar-refractivity contribution is 0.0944. The summed E-state index contributed by atoms with van der Waals surface area (Å²) in [6.45, 7) is 1.78. The number of nitrogens with one attached hydrogen (secondary N) is 2. The van der Waals surface area contributed by atoms with Gasteiger partial charge in [-0.05, 0) is 43.8 Å². The second-order valence-corrected chi connectivity index (χ2v) is 8.73. The van der Waals surface area contributed by atoms with Gasteiger partial charge in [0.1, 0.15) is 4.21 Å². The molecule has 0 fully saturated rings. The van der Waals surface area contributed by atoms with Crippen molar-refractivity contribution in [2.75, 3.05) is 7.05 Å². The number of hydrogen-bond donors (Lipinski definition) is 2. The Balaban J connectivity index is 2.16. The summed E-state index contributed by atoms with van der Waals surface area (Å²) < 4.78 is 25.7. The molecule has 0 aliphatic heterocycles. The zero-order valence-electron chi connectivity index (χ0n) is 12.3. The van der Waals surface area contributed by atoms with Crippen molar-refractivity contribution in [3.8, 4) is 0 Å². The van der Waals surface area contributed by atoms with Crippen LogP contribution in [0.25, 0.3) is 0 Å². The van der Waals surface area contributed by atoms with Crippen LogP contribution in [0.1, 0.15) is 28.2 Å². The van der Waals surface area contributed by atoms with E-state index in [0.29, 0.717) is 14.9 Å². The summed E-state index contributed by atoms with van der Waals surface area (Å²) >= 11 is 12.9. The molecule has 9 heteroatoms. The molecule has 1 aromatic carbocycles. The van der Waals surface area contributed by atoms with Gasteiger partial charge in [0.15, 0.2) is 0 Å². The molecule has 0 aliphatic carbocycles. The minimum Gasteiger partial charge on any atom is -0.345 e. The summed E-state index contributed by atoms with van der Waals surface area (Å²) in [5, 5.41) is 3.75. The molecule has 1 heterocycles. The molecule has 2 rings (SSSR count). The highest BCUT2D eigenvalue weighted by Crippen LogP contribution is 2.27. The van der Waals surface area contributed by atoms with Gasteiger partial charge in [0.05, 0.1) is 10.9 Å². The van der Waals surface area contributed by atoms with Crippen LogP contribution in [0.2, 0.25) is 10.0 Å². The van der Waals surface area contributed by atoms with Crippen molar-refractivity contribution in [3.05, 3.63) is 50.8 Å². The zero-order chi connectivity index (χ0) is 17.2. The van der Waals surface area contributed by atoms with Gasteiger partial charge in [0.2, 0.25) is 10.0 Å². The number of benzene rings is 1. The Hall–Kier alpha value is -1.12. The molecule has 0 saturated carbocycles. The van der Waals surface area contributed by atoms with Gasteiger partial charge in [-0.25, -0.2) is 13.1 Å². The fourth-order valence-corrected chi connectivity index (χ4v) is 4.50. The normalized spacial score (nSPS) is 12.9. The van der Waals surface area contributed by atoms with Crippen molar-refractivity contribution >= 4 is 50.5 Å². The largest absolute Gasteiger partial charge is 0.345 e. The molecule has 1 unspecified atom stereocenters. The molecule has 0 aliphatic rings. The van der Waals surface area contributed by atoms with E-state index in [-0.39, 0.29) is 16.2 Å². The molecule has 0 saturated heterocycles. The average Bonchev–Trinajstić information content (AvgIpc) is 2.97. The van der Waals surface area contributed by atoms with E-state index in [1.54, 1.807) is 25.1 Å². The lowest BCUT2D eigenvalue weighted by atomic mass is 10.1. The van der Waals surface area contributed by atoms with Crippen molar-refractivity contribution in [2.24, 2.45) is 0 Å². The van der Waals surface area contributed by atoms with E-state index >= 15 is 0 Å². The van der Waals surface area contributed by atoms with E-state index in [2.05, 4.69) is 10.0 Å². The van der Waals surface area contributed by atoms with E-state index in [1.165, 1.54) is 19.2 Å². The highest BCUT2D eigenvalue weighted by atomic mass is 35.5. The molecule has 1 aromatic heterocycles. The van der Waals surface area contributed by atoms with Crippen molar-refractivity contribution in [1.82, 2.24) is 10.0 Å². The summed E-state index contributed by atoms with van der Waals surface area (Å²) in [6.07, 6.45) is 0. The summed E-state index contributed by atoms with van der Waals surface area (Å²) in [5.74, 6) is -0.369. The van der Waals surface area contributed by atoms with Gasteiger partial charge in [-0.1, -0.05) is 29.3 Å². The van der Waals surface area contributed by atoms with Crippen LogP contribution in [-0.2, 0) is 10.0 Å². The fourth-order valence-electron chi connectivity index (χ4n) is 1.89. The van der Waals surface area contributed by atoms with Gasteiger partial charge in [0, 0.05) is 10.0 Å². The van der Waals surface area contributed by atoms with Crippen molar-refractivity contribution in [2.45, 2.75) is 17.2 Å². The number of hydrogen-bond acceptors (Lipinski definition) is 4. The maximum Gasteiger partial charge on any atom is 0.261 e. The van der Waals surface area contributed by atoms with Crippen molar-refractivity contribution in [3.63, 3.8) is 0 Å². The topological polar surface area (TPSA) is 75.3 Å². The molecule has 23 heavy (non-hydrogen) atoms. The first-order valence-corrected chi connectivity index (χ1v) is 9.59. The van der Waals surface area contributed by atoms with Crippen LogP contribution in [0.5, 0.6) is 0 Å². The lowest BCUT2D eigenvalue weighted by Gasteiger charge is -2.15. The first-order valence-electron chi connectivity index (χ1n) is 6.54. The maximum atomic E-state index is 12.3. The van der Waals surface area contributed by atoms with E-state index in [0.717, 1.165) is 16.9 Å². The smallest absolute Gasteiger partial charge is 0.261 e. The Morgan fingerprint density at radius 2 is 1.91 bits per heavy atom. The summed E-state index contributed by atoms with van der Waals surface area (Å²) in [5.41, 5.74) is 0.726. The Kier molecular flexibility index (Phi) is 5.70. The lowest BCUT2D eigenvalue weighted by Crippen LogP contribution is -2.26. The standard InChI is InChI=1S/C14H14Cl2N2O3S2/c1-8(10-4-3-9(15)7-11(10)16)18-14(19)12-5-6-13(22-12)23(20,21)17-2/h3-8,17H,1-2H3,(H,18,19). The SMILES string of the molecule is CNS(=O)(=O)c1ccc(C(=O)NC(C)c2ccc(Cl)cc2Cl)s1. The fraction of sp³-hybridized carbons (Fsp3) is 0.214. The third kappa shape index (κ3) is 4.24. The molecule has 124 valence electrons. The van der Waals surface area contributed by atoms with E-state index in [9.17, 15) is 13.2 Å². The van der Waals surface area contributed by atoms with E-state index < -0.39 is 10.0 Å². The Labute approximate surface area is 148 Å². The number of thiophene rings is 1. The van der Waals surface area contributed by atoms with Crippen LogP contribution in [0, 0.1) is 0 Å². The molecule has 0 bridgehead atoms. The third-order valence-electron chi connectivity index (χ3n) is 3.12. The Morgan fingerprint density at radius 1 is 1.22 bits per heavy atom. The number of carbonyl (C=O) groups is 1. The Bertz CT molecular complexity index is 834. The number of carbonyl (C=O) groups excluding carboxylic acids is 1. The predicted molar refractivity (Wildman–Crippen MR) is 92.9 cm³/mol. The summed E-state index contributed by atoms with van der Waals surface area (Å²) in [4.78, 5) is 12.6. The number of halogens is 2. The molecule has 1 amide bonds. The third-order valence-corrected chi connectivity index (χ3v) is 6.67. The minimum absolute atomic E-state index is 0.0855. The summed E-state index contributed by atoms with van der Waals surface area (Å²) in [6, 6.07) is 7.55. The summed E-state index contributed by atoms with van der Waals surface area (Å²) in [7, 11) is -2.23. The van der Waals surface area contributed by atoms with Gasteiger partial charge in [-0.2, -0.15) is 0 Å². The van der Waals surface area contributed by atoms with E-state index in [4.69, 9.17) is 23.2 Å². The minimum atomic E-state index is -3.55. The quantitative estimate of drug-likeness (QED) is 0.817. The van der Waals surface area contributed by atoms with Crippen molar-refractivity contribution in [1.29, 1.82) is 0 Å². The van der Waals surface area contributed by atoms with Crippen LogP contribution in [0.15, 0.2) is 34.5 Å². The zero-order valence-corrected chi connectivity index (χ0v) is 15.4. The van der Waals surface area contributed by atoms with Crippen LogP contribution in [0.3, 0.4) is 0 Å². The van der Waals surface area contributed by atoms with Crippen LogP contribution < -0.4 is 10.0 Å². The van der Waals surface area contributed by atoms with E-state index in [1.807, 2.05) is 0 Å². The molecule has 2 aromatic rings. The maximum absolute atomic E-state index is 12.3. The second-order valence-electron chi connectivity index (χ2n) is 4.69. The highest BCUT2D eigenvalue weighted by Gasteiger charge is 2.19. The predicted octanol–water partition coefficient (Wildman–Crippen LogP) is 3.45. The first kappa shape index (κ1) is 18.2. The average molecular weight is 393 g/mol. The van der Waals surface area contributed by atoms with Crippen LogP contribution in [-0.4, -0.2) is 21.4 Å². The highest BCUT2D eigenvalue weighted by molar-refractivity contribution is 7.91. The molecule has 5 nitrogen and oxygen atoms in total. The number of amides is 1. The molecular formula is C14H14Cl2N2O3S2. The monoisotopic (exact) mass is 392 g/mol.